The molecule has 1 N–H and O–H groups in total. The summed E-state index contributed by atoms with van der Waals surface area (Å²) in [6, 6.07) is 0. The third-order valence-corrected chi connectivity index (χ3v) is 2.58. The van der Waals surface area contributed by atoms with Crippen molar-refractivity contribution in [1.82, 2.24) is 5.32 Å². The SMILES string of the molecule is CC(C)(C)OCCOCC1CCNCC1. The average molecular weight is 215 g/mol. The van der Waals surface area contributed by atoms with Crippen LogP contribution in [0.2, 0.25) is 0 Å². The molecule has 0 bridgehead atoms. The molecule has 0 aromatic heterocycles. The topological polar surface area (TPSA) is 30.5 Å². The molecule has 1 fully saturated rings. The van der Waals surface area contributed by atoms with E-state index in [1.54, 1.807) is 0 Å². The monoisotopic (exact) mass is 215 g/mol. The molecular formula is C12H25NO2. The lowest BCUT2D eigenvalue weighted by molar-refractivity contribution is -0.0404. The van der Waals surface area contributed by atoms with Crippen LogP contribution in [0.3, 0.4) is 0 Å². The van der Waals surface area contributed by atoms with Crippen molar-refractivity contribution in [2.24, 2.45) is 5.92 Å². The Morgan fingerprint density at radius 1 is 1.13 bits per heavy atom. The molecule has 1 rings (SSSR count). The highest BCUT2D eigenvalue weighted by Crippen LogP contribution is 2.11. The fourth-order valence-electron chi connectivity index (χ4n) is 1.71. The summed E-state index contributed by atoms with van der Waals surface area (Å²) >= 11 is 0. The number of nitrogens with one attached hydrogen (secondary N) is 1. The van der Waals surface area contributed by atoms with Crippen LogP contribution < -0.4 is 5.32 Å². The summed E-state index contributed by atoms with van der Waals surface area (Å²) in [6.07, 6.45) is 2.50. The maximum Gasteiger partial charge on any atom is 0.0707 e. The van der Waals surface area contributed by atoms with Crippen LogP contribution in [0.5, 0.6) is 0 Å². The van der Waals surface area contributed by atoms with Crippen molar-refractivity contribution in [3.8, 4) is 0 Å². The molecule has 0 atom stereocenters. The zero-order chi connectivity index (χ0) is 11.1. The first-order valence-electron chi connectivity index (χ1n) is 6.00. The lowest BCUT2D eigenvalue weighted by Crippen LogP contribution is -2.30. The average Bonchev–Trinajstić information content (AvgIpc) is 2.17. The summed E-state index contributed by atoms with van der Waals surface area (Å²) in [7, 11) is 0. The van der Waals surface area contributed by atoms with Crippen LogP contribution in [-0.4, -0.2) is 38.5 Å². The van der Waals surface area contributed by atoms with Crippen LogP contribution in [0.15, 0.2) is 0 Å². The summed E-state index contributed by atoms with van der Waals surface area (Å²) in [5.41, 5.74) is -0.0435. The fourth-order valence-corrected chi connectivity index (χ4v) is 1.71. The summed E-state index contributed by atoms with van der Waals surface area (Å²) in [4.78, 5) is 0. The molecular weight excluding hydrogens is 190 g/mol. The molecule has 0 radical (unpaired) electrons. The van der Waals surface area contributed by atoms with E-state index >= 15 is 0 Å². The second kappa shape index (κ2) is 6.46. The lowest BCUT2D eigenvalue weighted by atomic mass is 9.99. The van der Waals surface area contributed by atoms with Gasteiger partial charge in [-0.05, 0) is 52.6 Å². The van der Waals surface area contributed by atoms with E-state index in [2.05, 4.69) is 26.1 Å². The Kier molecular flexibility index (Phi) is 5.58. The first-order chi connectivity index (χ1) is 7.08. The Morgan fingerprint density at radius 2 is 1.80 bits per heavy atom. The molecule has 1 aliphatic heterocycles. The molecule has 3 nitrogen and oxygen atoms in total. The van der Waals surface area contributed by atoms with Crippen LogP contribution in [0.25, 0.3) is 0 Å². The van der Waals surface area contributed by atoms with Gasteiger partial charge in [0.1, 0.15) is 0 Å². The standard InChI is InChI=1S/C12H25NO2/c1-12(2,3)15-9-8-14-10-11-4-6-13-7-5-11/h11,13H,4-10H2,1-3H3. The molecule has 3 heteroatoms. The van der Waals surface area contributed by atoms with Crippen molar-refractivity contribution in [3.63, 3.8) is 0 Å². The van der Waals surface area contributed by atoms with E-state index in [0.717, 1.165) is 32.2 Å². The van der Waals surface area contributed by atoms with Crippen LogP contribution in [0.4, 0.5) is 0 Å². The number of hydrogen-bond donors (Lipinski definition) is 1. The van der Waals surface area contributed by atoms with Crippen LogP contribution in [0.1, 0.15) is 33.6 Å². The van der Waals surface area contributed by atoms with E-state index in [9.17, 15) is 0 Å². The molecule has 0 aromatic rings. The van der Waals surface area contributed by atoms with E-state index in [1.807, 2.05) is 0 Å². The van der Waals surface area contributed by atoms with Gasteiger partial charge in [0, 0.05) is 6.61 Å². The van der Waals surface area contributed by atoms with Gasteiger partial charge in [-0.25, -0.2) is 0 Å². The molecule has 0 aromatic carbocycles. The van der Waals surface area contributed by atoms with Crippen LogP contribution >= 0.6 is 0 Å². The maximum absolute atomic E-state index is 5.62. The minimum absolute atomic E-state index is 0.0435. The van der Waals surface area contributed by atoms with Gasteiger partial charge >= 0.3 is 0 Å². The van der Waals surface area contributed by atoms with Crippen molar-refractivity contribution in [2.45, 2.75) is 39.2 Å². The Labute approximate surface area is 93.5 Å². The summed E-state index contributed by atoms with van der Waals surface area (Å²) < 4.78 is 11.2. The summed E-state index contributed by atoms with van der Waals surface area (Å²) in [5.74, 6) is 0.751. The van der Waals surface area contributed by atoms with Gasteiger partial charge in [0.2, 0.25) is 0 Å². The number of ether oxygens (including phenoxy) is 2. The van der Waals surface area contributed by atoms with E-state index in [-0.39, 0.29) is 5.60 Å². The molecule has 90 valence electrons. The minimum Gasteiger partial charge on any atom is -0.379 e. The molecule has 0 unspecified atom stereocenters. The molecule has 0 aliphatic carbocycles. The van der Waals surface area contributed by atoms with Gasteiger partial charge in [0.05, 0.1) is 18.8 Å². The van der Waals surface area contributed by atoms with Gasteiger partial charge in [-0.15, -0.1) is 0 Å². The molecule has 1 heterocycles. The van der Waals surface area contributed by atoms with Gasteiger partial charge < -0.3 is 14.8 Å². The molecule has 0 spiro atoms. The second-order valence-corrected chi connectivity index (χ2v) is 5.23. The normalized spacial score (nSPS) is 19.4. The number of rotatable bonds is 5. The highest BCUT2D eigenvalue weighted by atomic mass is 16.5. The highest BCUT2D eigenvalue weighted by Gasteiger charge is 2.13. The van der Waals surface area contributed by atoms with Crippen molar-refractivity contribution >= 4 is 0 Å². The Morgan fingerprint density at radius 3 is 2.40 bits per heavy atom. The first kappa shape index (κ1) is 12.9. The van der Waals surface area contributed by atoms with Crippen LogP contribution in [0, 0.1) is 5.92 Å². The minimum atomic E-state index is -0.0435. The predicted molar refractivity (Wildman–Crippen MR) is 62.1 cm³/mol. The fraction of sp³-hybridized carbons (Fsp3) is 1.00. The Balaban J connectivity index is 1.92. The third kappa shape index (κ3) is 6.88. The van der Waals surface area contributed by atoms with Crippen molar-refractivity contribution in [1.29, 1.82) is 0 Å². The molecule has 15 heavy (non-hydrogen) atoms. The van der Waals surface area contributed by atoms with E-state index in [0.29, 0.717) is 6.61 Å². The van der Waals surface area contributed by atoms with Gasteiger partial charge in [-0.3, -0.25) is 0 Å². The second-order valence-electron chi connectivity index (χ2n) is 5.23. The highest BCUT2D eigenvalue weighted by molar-refractivity contribution is 4.67. The number of hydrogen-bond acceptors (Lipinski definition) is 3. The van der Waals surface area contributed by atoms with E-state index < -0.39 is 0 Å². The summed E-state index contributed by atoms with van der Waals surface area (Å²) in [6.45, 7) is 10.8. The number of piperidine rings is 1. The van der Waals surface area contributed by atoms with E-state index in [1.165, 1.54) is 12.8 Å². The third-order valence-electron chi connectivity index (χ3n) is 2.58. The van der Waals surface area contributed by atoms with E-state index in [4.69, 9.17) is 9.47 Å². The first-order valence-corrected chi connectivity index (χ1v) is 6.00. The quantitative estimate of drug-likeness (QED) is 0.710. The Hall–Kier alpha value is -0.120. The lowest BCUT2D eigenvalue weighted by Gasteiger charge is -2.23. The zero-order valence-electron chi connectivity index (χ0n) is 10.3. The predicted octanol–water partition coefficient (Wildman–Crippen LogP) is 1.82. The molecule has 1 aliphatic rings. The molecule has 1 saturated heterocycles. The van der Waals surface area contributed by atoms with Gasteiger partial charge in [-0.1, -0.05) is 0 Å². The molecule has 0 amide bonds. The van der Waals surface area contributed by atoms with Gasteiger partial charge in [0.25, 0.3) is 0 Å². The zero-order valence-corrected chi connectivity index (χ0v) is 10.3. The van der Waals surface area contributed by atoms with Crippen molar-refractivity contribution < 1.29 is 9.47 Å². The van der Waals surface area contributed by atoms with Crippen LogP contribution in [-0.2, 0) is 9.47 Å². The van der Waals surface area contributed by atoms with Crippen molar-refractivity contribution in [2.75, 3.05) is 32.9 Å². The smallest absolute Gasteiger partial charge is 0.0707 e. The largest absolute Gasteiger partial charge is 0.379 e. The van der Waals surface area contributed by atoms with Gasteiger partial charge in [-0.2, -0.15) is 0 Å². The maximum atomic E-state index is 5.62. The van der Waals surface area contributed by atoms with Gasteiger partial charge in [0.15, 0.2) is 0 Å². The summed E-state index contributed by atoms with van der Waals surface area (Å²) in [5, 5.41) is 3.36. The molecule has 0 saturated carbocycles. The Bertz CT molecular complexity index is 159. The van der Waals surface area contributed by atoms with Crippen molar-refractivity contribution in [3.05, 3.63) is 0 Å².